The Morgan fingerprint density at radius 2 is 1.65 bits per heavy atom. The molecule has 7 nitrogen and oxygen atoms in total. The van der Waals surface area contributed by atoms with Crippen LogP contribution in [0.2, 0.25) is 0 Å². The van der Waals surface area contributed by atoms with Gasteiger partial charge in [-0.3, -0.25) is 4.99 Å². The molecule has 0 unspecified atom stereocenters. The third-order valence-corrected chi connectivity index (χ3v) is 4.65. The van der Waals surface area contributed by atoms with Crippen molar-refractivity contribution in [1.82, 2.24) is 10.2 Å². The molecule has 0 aliphatic rings. The topological polar surface area (TPSA) is 64.6 Å². The minimum atomic E-state index is 0. The maximum Gasteiger partial charge on any atom is 0.193 e. The van der Waals surface area contributed by atoms with Gasteiger partial charge in [-0.2, -0.15) is 0 Å². The summed E-state index contributed by atoms with van der Waals surface area (Å²) in [6.07, 6.45) is 0.884. The summed E-state index contributed by atoms with van der Waals surface area (Å²) >= 11 is 0. The minimum Gasteiger partial charge on any atom is -0.497 e. The van der Waals surface area contributed by atoms with E-state index in [0.29, 0.717) is 19.8 Å². The Balaban J connectivity index is 0.00000480. The van der Waals surface area contributed by atoms with Crippen molar-refractivity contribution in [2.75, 3.05) is 48.6 Å². The van der Waals surface area contributed by atoms with Gasteiger partial charge in [-0.1, -0.05) is 12.1 Å². The van der Waals surface area contributed by atoms with Crippen LogP contribution in [-0.4, -0.2) is 59.4 Å². The molecule has 2 rings (SSSR count). The van der Waals surface area contributed by atoms with E-state index in [1.807, 2.05) is 49.5 Å². The van der Waals surface area contributed by atoms with Gasteiger partial charge >= 0.3 is 0 Å². The van der Waals surface area contributed by atoms with Crippen LogP contribution in [0.15, 0.2) is 47.5 Å². The Morgan fingerprint density at radius 3 is 2.26 bits per heavy atom. The van der Waals surface area contributed by atoms with Crippen LogP contribution in [0.4, 0.5) is 0 Å². The average molecular weight is 543 g/mol. The number of ether oxygens (including phenoxy) is 4. The summed E-state index contributed by atoms with van der Waals surface area (Å²) < 4.78 is 21.7. The van der Waals surface area contributed by atoms with Crippen LogP contribution in [0.1, 0.15) is 17.5 Å². The number of hydrogen-bond acceptors (Lipinski definition) is 5. The van der Waals surface area contributed by atoms with Gasteiger partial charge in [0.1, 0.15) is 17.2 Å². The van der Waals surface area contributed by atoms with Gasteiger partial charge in [0.2, 0.25) is 0 Å². The second kappa shape index (κ2) is 14.7. The van der Waals surface area contributed by atoms with E-state index in [2.05, 4.69) is 15.2 Å². The number of halogens is 1. The van der Waals surface area contributed by atoms with E-state index in [9.17, 15) is 0 Å². The molecule has 0 saturated heterocycles. The Labute approximate surface area is 202 Å². The fourth-order valence-corrected chi connectivity index (χ4v) is 2.98. The molecule has 2 aromatic carbocycles. The number of benzene rings is 2. The molecule has 31 heavy (non-hydrogen) atoms. The number of aliphatic imine (C=N–C) groups is 1. The molecule has 0 amide bonds. The van der Waals surface area contributed by atoms with E-state index in [-0.39, 0.29) is 24.0 Å². The van der Waals surface area contributed by atoms with E-state index < -0.39 is 0 Å². The molecular formula is C23H34IN3O4. The third kappa shape index (κ3) is 8.82. The molecule has 172 valence electrons. The Morgan fingerprint density at radius 1 is 0.968 bits per heavy atom. The van der Waals surface area contributed by atoms with E-state index in [1.54, 1.807) is 28.4 Å². The van der Waals surface area contributed by atoms with Crippen LogP contribution in [0.5, 0.6) is 17.2 Å². The van der Waals surface area contributed by atoms with E-state index in [0.717, 1.165) is 47.3 Å². The fourth-order valence-electron chi connectivity index (χ4n) is 2.98. The maximum absolute atomic E-state index is 5.75. The summed E-state index contributed by atoms with van der Waals surface area (Å²) in [5.74, 6) is 3.24. The Kier molecular flexibility index (Phi) is 12.8. The van der Waals surface area contributed by atoms with Crippen molar-refractivity contribution in [2.24, 2.45) is 4.99 Å². The lowest BCUT2D eigenvalue weighted by Crippen LogP contribution is -2.39. The largest absolute Gasteiger partial charge is 0.497 e. The Bertz CT molecular complexity index is 800. The van der Waals surface area contributed by atoms with Gasteiger partial charge in [0.15, 0.2) is 5.96 Å². The molecule has 0 atom stereocenters. The maximum atomic E-state index is 5.75. The van der Waals surface area contributed by atoms with Crippen molar-refractivity contribution in [2.45, 2.75) is 19.6 Å². The third-order valence-electron chi connectivity index (χ3n) is 4.65. The quantitative estimate of drug-likeness (QED) is 0.201. The first-order chi connectivity index (χ1) is 14.6. The zero-order valence-corrected chi connectivity index (χ0v) is 21.3. The fraction of sp³-hybridized carbons (Fsp3) is 0.435. The van der Waals surface area contributed by atoms with Crippen molar-refractivity contribution < 1.29 is 18.9 Å². The van der Waals surface area contributed by atoms with Crippen LogP contribution in [-0.2, 0) is 17.9 Å². The first-order valence-corrected chi connectivity index (χ1v) is 9.94. The molecule has 0 fully saturated rings. The molecule has 0 bridgehead atoms. The molecule has 0 heterocycles. The minimum absolute atomic E-state index is 0. The molecule has 0 spiro atoms. The number of guanidine groups is 1. The zero-order chi connectivity index (χ0) is 21.8. The Hall–Kier alpha value is -2.20. The van der Waals surface area contributed by atoms with Gasteiger partial charge in [-0.15, -0.1) is 24.0 Å². The van der Waals surface area contributed by atoms with Crippen molar-refractivity contribution >= 4 is 29.9 Å². The van der Waals surface area contributed by atoms with Crippen molar-refractivity contribution in [3.8, 4) is 17.2 Å². The highest BCUT2D eigenvalue weighted by Crippen LogP contribution is 2.25. The van der Waals surface area contributed by atoms with Gasteiger partial charge in [0, 0.05) is 45.4 Å². The lowest BCUT2D eigenvalue weighted by atomic mass is 10.2. The summed E-state index contributed by atoms with van der Waals surface area (Å²) in [5, 5.41) is 3.38. The molecule has 0 aliphatic carbocycles. The number of rotatable bonds is 11. The van der Waals surface area contributed by atoms with Crippen molar-refractivity contribution in [3.63, 3.8) is 0 Å². The van der Waals surface area contributed by atoms with E-state index >= 15 is 0 Å². The van der Waals surface area contributed by atoms with Gasteiger partial charge in [0.05, 0.1) is 27.9 Å². The monoisotopic (exact) mass is 543 g/mol. The van der Waals surface area contributed by atoms with Gasteiger partial charge < -0.3 is 29.2 Å². The highest BCUT2D eigenvalue weighted by molar-refractivity contribution is 14.0. The highest BCUT2D eigenvalue weighted by atomic mass is 127. The summed E-state index contributed by atoms with van der Waals surface area (Å²) in [6, 6.07) is 13.7. The standard InChI is InChI=1S/C23H33N3O4.HI/c1-24-23(26(2)16-19-9-12-21(28-4)15-22(19)29-5)25-13-6-14-30-17-18-7-10-20(27-3)11-8-18;/h7-12,15H,6,13-14,16-17H2,1-5H3,(H,24,25);1H. The average Bonchev–Trinajstić information content (AvgIpc) is 2.79. The summed E-state index contributed by atoms with van der Waals surface area (Å²) in [4.78, 5) is 6.43. The van der Waals surface area contributed by atoms with Crippen LogP contribution in [0, 0.1) is 0 Å². The zero-order valence-electron chi connectivity index (χ0n) is 19.0. The number of nitrogens with one attached hydrogen (secondary N) is 1. The lowest BCUT2D eigenvalue weighted by molar-refractivity contribution is 0.119. The highest BCUT2D eigenvalue weighted by Gasteiger charge is 2.11. The van der Waals surface area contributed by atoms with Gasteiger partial charge in [-0.05, 0) is 36.2 Å². The molecule has 0 aromatic heterocycles. The molecular weight excluding hydrogens is 509 g/mol. The van der Waals surface area contributed by atoms with Crippen LogP contribution >= 0.6 is 24.0 Å². The predicted molar refractivity (Wildman–Crippen MR) is 135 cm³/mol. The smallest absolute Gasteiger partial charge is 0.193 e. The number of nitrogens with zero attached hydrogens (tertiary/aromatic N) is 2. The molecule has 1 N–H and O–H groups in total. The summed E-state index contributed by atoms with van der Waals surface area (Å²) in [7, 11) is 8.76. The van der Waals surface area contributed by atoms with Gasteiger partial charge in [-0.25, -0.2) is 0 Å². The van der Waals surface area contributed by atoms with Crippen molar-refractivity contribution in [3.05, 3.63) is 53.6 Å². The van der Waals surface area contributed by atoms with Crippen LogP contribution in [0.3, 0.4) is 0 Å². The first kappa shape index (κ1) is 26.8. The lowest BCUT2D eigenvalue weighted by Gasteiger charge is -2.23. The molecule has 2 aromatic rings. The predicted octanol–water partition coefficient (Wildman–Crippen LogP) is 3.94. The van der Waals surface area contributed by atoms with Gasteiger partial charge in [0.25, 0.3) is 0 Å². The molecule has 0 aliphatic heterocycles. The van der Waals surface area contributed by atoms with E-state index in [1.165, 1.54) is 0 Å². The van der Waals surface area contributed by atoms with Crippen LogP contribution < -0.4 is 19.5 Å². The SMILES string of the molecule is CN=C(NCCCOCc1ccc(OC)cc1)N(C)Cc1ccc(OC)cc1OC.I. The summed E-state index contributed by atoms with van der Waals surface area (Å²) in [6.45, 7) is 2.71. The molecule has 8 heteroatoms. The molecule has 0 radical (unpaired) electrons. The first-order valence-electron chi connectivity index (χ1n) is 9.94. The number of hydrogen-bond donors (Lipinski definition) is 1. The normalized spacial score (nSPS) is 10.8. The van der Waals surface area contributed by atoms with Crippen LogP contribution in [0.25, 0.3) is 0 Å². The second-order valence-electron chi connectivity index (χ2n) is 6.76. The number of methoxy groups -OCH3 is 3. The van der Waals surface area contributed by atoms with E-state index in [4.69, 9.17) is 18.9 Å². The molecule has 0 saturated carbocycles. The summed E-state index contributed by atoms with van der Waals surface area (Å²) in [5.41, 5.74) is 2.19. The van der Waals surface area contributed by atoms with Crippen molar-refractivity contribution in [1.29, 1.82) is 0 Å². The second-order valence-corrected chi connectivity index (χ2v) is 6.76.